The predicted molar refractivity (Wildman–Crippen MR) is 67.3 cm³/mol. The molecule has 1 aromatic heterocycles. The van der Waals surface area contributed by atoms with Gasteiger partial charge in [0, 0.05) is 29.7 Å². The van der Waals surface area contributed by atoms with E-state index in [9.17, 15) is 5.11 Å². The number of rotatable bonds is 4. The van der Waals surface area contributed by atoms with Gasteiger partial charge in [0.2, 0.25) is 5.13 Å². The van der Waals surface area contributed by atoms with E-state index in [4.69, 9.17) is 0 Å². The molecule has 6 heteroatoms. The molecule has 0 radical (unpaired) electrons. The number of aromatic nitrogens is 2. The number of aliphatic hydroxyl groups is 1. The van der Waals surface area contributed by atoms with Crippen molar-refractivity contribution < 1.29 is 5.11 Å². The van der Waals surface area contributed by atoms with E-state index in [0.717, 1.165) is 28.9 Å². The second-order valence-electron chi connectivity index (χ2n) is 4.61. The summed E-state index contributed by atoms with van der Waals surface area (Å²) in [5.41, 5.74) is -0.546. The van der Waals surface area contributed by atoms with Gasteiger partial charge in [-0.2, -0.15) is 16.1 Å². The van der Waals surface area contributed by atoms with Crippen LogP contribution in [-0.2, 0) is 0 Å². The zero-order valence-corrected chi connectivity index (χ0v) is 10.6. The number of thioether (sulfide) groups is 1. The lowest BCUT2D eigenvalue weighted by atomic mass is 10.0. The van der Waals surface area contributed by atoms with Gasteiger partial charge in [-0.1, -0.05) is 0 Å². The molecule has 0 spiro atoms. The quantitative estimate of drug-likeness (QED) is 0.859. The van der Waals surface area contributed by atoms with Crippen molar-refractivity contribution in [2.45, 2.75) is 30.8 Å². The van der Waals surface area contributed by atoms with E-state index in [0.29, 0.717) is 12.5 Å². The molecule has 2 aliphatic rings. The molecule has 0 aromatic carbocycles. The van der Waals surface area contributed by atoms with Crippen LogP contribution in [0.1, 0.15) is 31.0 Å². The minimum absolute atomic E-state index is 0.546. The Morgan fingerprint density at radius 2 is 2.38 bits per heavy atom. The largest absolute Gasteiger partial charge is 0.387 e. The average Bonchev–Trinajstić information content (AvgIpc) is 2.87. The van der Waals surface area contributed by atoms with Crippen molar-refractivity contribution in [1.82, 2.24) is 9.36 Å². The number of anilines is 1. The third-order valence-corrected chi connectivity index (χ3v) is 4.96. The Labute approximate surface area is 103 Å². The Morgan fingerprint density at radius 3 is 3.06 bits per heavy atom. The molecule has 1 atom stereocenters. The fraction of sp³-hybridized carbons (Fsp3) is 0.800. The van der Waals surface area contributed by atoms with Crippen LogP contribution in [0.3, 0.4) is 0 Å². The highest BCUT2D eigenvalue weighted by Crippen LogP contribution is 2.39. The van der Waals surface area contributed by atoms with Gasteiger partial charge in [0.15, 0.2) is 0 Å². The highest BCUT2D eigenvalue weighted by molar-refractivity contribution is 7.99. The molecule has 3 rings (SSSR count). The summed E-state index contributed by atoms with van der Waals surface area (Å²) >= 11 is 3.22. The van der Waals surface area contributed by atoms with E-state index in [2.05, 4.69) is 14.7 Å². The minimum Gasteiger partial charge on any atom is -0.387 e. The van der Waals surface area contributed by atoms with Gasteiger partial charge in [-0.25, -0.2) is 4.98 Å². The maximum absolute atomic E-state index is 10.2. The summed E-state index contributed by atoms with van der Waals surface area (Å²) < 4.78 is 4.33. The van der Waals surface area contributed by atoms with Crippen LogP contribution in [0, 0.1) is 0 Å². The van der Waals surface area contributed by atoms with Crippen molar-refractivity contribution in [2.24, 2.45) is 0 Å². The molecular weight excluding hydrogens is 242 g/mol. The van der Waals surface area contributed by atoms with Crippen LogP contribution >= 0.6 is 23.3 Å². The lowest BCUT2D eigenvalue weighted by Crippen LogP contribution is -2.36. The molecule has 0 amide bonds. The Hall–Kier alpha value is -0.330. The lowest BCUT2D eigenvalue weighted by Gasteiger charge is -2.20. The van der Waals surface area contributed by atoms with Gasteiger partial charge in [0.05, 0.1) is 5.60 Å². The normalized spacial score (nSPS) is 29.6. The molecule has 1 unspecified atom stereocenters. The first kappa shape index (κ1) is 10.8. The molecule has 4 nitrogen and oxygen atoms in total. The molecule has 2 N–H and O–H groups in total. The second-order valence-corrected chi connectivity index (χ2v) is 6.47. The van der Waals surface area contributed by atoms with Crippen LogP contribution in [0.15, 0.2) is 0 Å². The van der Waals surface area contributed by atoms with E-state index in [1.54, 1.807) is 0 Å². The van der Waals surface area contributed by atoms with Crippen molar-refractivity contribution in [3.8, 4) is 0 Å². The Bertz CT molecular complexity index is 372. The first-order chi connectivity index (χ1) is 7.75. The Kier molecular flexibility index (Phi) is 2.81. The molecule has 1 aromatic rings. The fourth-order valence-electron chi connectivity index (χ4n) is 1.79. The van der Waals surface area contributed by atoms with Gasteiger partial charge in [-0.05, 0) is 25.0 Å². The van der Waals surface area contributed by atoms with E-state index >= 15 is 0 Å². The Morgan fingerprint density at radius 1 is 1.50 bits per heavy atom. The maximum atomic E-state index is 10.2. The van der Waals surface area contributed by atoms with Crippen LogP contribution in [0.5, 0.6) is 0 Å². The van der Waals surface area contributed by atoms with Gasteiger partial charge >= 0.3 is 0 Å². The van der Waals surface area contributed by atoms with Crippen LogP contribution in [0.25, 0.3) is 0 Å². The summed E-state index contributed by atoms with van der Waals surface area (Å²) in [4.78, 5) is 4.44. The third-order valence-electron chi connectivity index (χ3n) is 3.04. The zero-order valence-electron chi connectivity index (χ0n) is 8.98. The molecule has 1 aliphatic carbocycles. The third kappa shape index (κ3) is 2.33. The topological polar surface area (TPSA) is 58.0 Å². The van der Waals surface area contributed by atoms with Crippen molar-refractivity contribution >= 4 is 28.4 Å². The van der Waals surface area contributed by atoms with Gasteiger partial charge in [0.25, 0.3) is 0 Å². The summed E-state index contributed by atoms with van der Waals surface area (Å²) in [6.45, 7) is 0.597. The summed E-state index contributed by atoms with van der Waals surface area (Å²) in [6, 6.07) is 0. The number of hydrogen-bond donors (Lipinski definition) is 2. The summed E-state index contributed by atoms with van der Waals surface area (Å²) in [7, 11) is 0. The maximum Gasteiger partial charge on any atom is 0.202 e. The fourth-order valence-corrected chi connectivity index (χ4v) is 3.73. The predicted octanol–water partition coefficient (Wildman–Crippen LogP) is 1.70. The Balaban J connectivity index is 1.56. The van der Waals surface area contributed by atoms with Crippen LogP contribution in [-0.4, -0.2) is 38.1 Å². The van der Waals surface area contributed by atoms with E-state index in [1.807, 2.05) is 11.8 Å². The van der Waals surface area contributed by atoms with Crippen molar-refractivity contribution in [1.29, 1.82) is 0 Å². The van der Waals surface area contributed by atoms with Gasteiger partial charge in [0.1, 0.15) is 5.82 Å². The molecule has 2 fully saturated rings. The minimum atomic E-state index is -0.546. The first-order valence-electron chi connectivity index (χ1n) is 5.63. The molecule has 1 aliphatic heterocycles. The van der Waals surface area contributed by atoms with Gasteiger partial charge in [-0.15, -0.1) is 0 Å². The number of nitrogens with zero attached hydrogens (tertiary/aromatic N) is 2. The first-order valence-corrected chi connectivity index (χ1v) is 7.56. The lowest BCUT2D eigenvalue weighted by molar-refractivity contribution is 0.0820. The van der Waals surface area contributed by atoms with Gasteiger partial charge in [-0.3, -0.25) is 0 Å². The molecular formula is C10H15N3OS2. The standard InChI is InChI=1S/C10H15N3OS2/c14-10(3-4-15-6-10)5-11-9-12-8(13-16-9)7-1-2-7/h7,14H,1-6H2,(H,11,12,13). The second kappa shape index (κ2) is 4.16. The van der Waals surface area contributed by atoms with Crippen molar-refractivity contribution in [3.05, 3.63) is 5.82 Å². The van der Waals surface area contributed by atoms with Crippen LogP contribution in [0.2, 0.25) is 0 Å². The van der Waals surface area contributed by atoms with E-state index < -0.39 is 5.60 Å². The average molecular weight is 257 g/mol. The summed E-state index contributed by atoms with van der Waals surface area (Å²) in [5.74, 6) is 3.48. The van der Waals surface area contributed by atoms with E-state index in [1.165, 1.54) is 24.4 Å². The van der Waals surface area contributed by atoms with Crippen LogP contribution < -0.4 is 5.32 Å². The van der Waals surface area contributed by atoms with Crippen molar-refractivity contribution in [3.63, 3.8) is 0 Å². The molecule has 0 bridgehead atoms. The molecule has 1 saturated carbocycles. The monoisotopic (exact) mass is 257 g/mol. The summed E-state index contributed by atoms with van der Waals surface area (Å²) in [5, 5.41) is 14.2. The molecule has 2 heterocycles. The molecule has 16 heavy (non-hydrogen) atoms. The SMILES string of the molecule is OC1(CNc2nc(C3CC3)ns2)CCSC1. The smallest absolute Gasteiger partial charge is 0.202 e. The summed E-state index contributed by atoms with van der Waals surface area (Å²) in [6.07, 6.45) is 3.34. The number of nitrogens with one attached hydrogen (secondary N) is 1. The highest BCUT2D eigenvalue weighted by atomic mass is 32.2. The number of hydrogen-bond acceptors (Lipinski definition) is 6. The molecule has 88 valence electrons. The van der Waals surface area contributed by atoms with Crippen LogP contribution in [0.4, 0.5) is 5.13 Å². The zero-order chi connectivity index (χ0) is 11.0. The molecule has 1 saturated heterocycles. The highest BCUT2D eigenvalue weighted by Gasteiger charge is 2.32. The van der Waals surface area contributed by atoms with Crippen molar-refractivity contribution in [2.75, 3.05) is 23.4 Å². The van der Waals surface area contributed by atoms with Gasteiger partial charge < -0.3 is 10.4 Å². The van der Waals surface area contributed by atoms with E-state index in [-0.39, 0.29) is 0 Å².